The molecule has 0 atom stereocenters. The summed E-state index contributed by atoms with van der Waals surface area (Å²) in [5, 5.41) is 20.2. The van der Waals surface area contributed by atoms with Crippen molar-refractivity contribution in [3.05, 3.63) is 63.7 Å². The molecule has 0 aliphatic carbocycles. The second-order valence-corrected chi connectivity index (χ2v) is 6.15. The van der Waals surface area contributed by atoms with E-state index in [0.717, 1.165) is 24.5 Å². The molecule has 132 valence electrons. The number of nitro benzene ring substituents is 1. The fraction of sp³-hybridized carbons (Fsp3) is 0.263. The van der Waals surface area contributed by atoms with Crippen LogP contribution >= 0.6 is 0 Å². The Balaban J connectivity index is 1.71. The minimum atomic E-state index is -0.493. The van der Waals surface area contributed by atoms with Crippen LogP contribution in [0.15, 0.2) is 42.5 Å². The second kappa shape index (κ2) is 7.23. The van der Waals surface area contributed by atoms with Crippen LogP contribution in [0.3, 0.4) is 0 Å². The van der Waals surface area contributed by atoms with Gasteiger partial charge in [0.05, 0.1) is 16.2 Å². The summed E-state index contributed by atoms with van der Waals surface area (Å²) in [5.74, 6) is 0.0450. The molecule has 3 rings (SSSR count). The van der Waals surface area contributed by atoms with Gasteiger partial charge in [-0.1, -0.05) is 0 Å². The normalized spacial score (nSPS) is 14.0. The number of nitriles is 1. The Labute approximate surface area is 151 Å². The first-order valence-corrected chi connectivity index (χ1v) is 8.29. The molecule has 0 unspecified atom stereocenters. The highest BCUT2D eigenvalue weighted by Gasteiger charge is 2.21. The van der Waals surface area contributed by atoms with Gasteiger partial charge in [0.2, 0.25) is 0 Å². The fourth-order valence-electron chi connectivity index (χ4n) is 3.12. The van der Waals surface area contributed by atoms with Gasteiger partial charge in [0.25, 0.3) is 5.69 Å². The molecule has 7 heteroatoms. The van der Waals surface area contributed by atoms with Crippen molar-refractivity contribution in [3.63, 3.8) is 0 Å². The molecular formula is C19H18N4O3. The molecule has 0 amide bonds. The highest BCUT2D eigenvalue weighted by atomic mass is 16.6. The number of hydrogen-bond donors (Lipinski definition) is 0. The van der Waals surface area contributed by atoms with Crippen molar-refractivity contribution < 1.29 is 9.72 Å². The van der Waals surface area contributed by atoms with Crippen LogP contribution in [-0.4, -0.2) is 36.9 Å². The van der Waals surface area contributed by atoms with Crippen molar-refractivity contribution in [2.45, 2.75) is 6.92 Å². The van der Waals surface area contributed by atoms with Gasteiger partial charge in [-0.3, -0.25) is 14.9 Å². The summed E-state index contributed by atoms with van der Waals surface area (Å²) >= 11 is 0. The van der Waals surface area contributed by atoms with Crippen LogP contribution in [-0.2, 0) is 0 Å². The number of nitrogens with zero attached hydrogens (tertiary/aromatic N) is 4. The van der Waals surface area contributed by atoms with Gasteiger partial charge in [0, 0.05) is 49.6 Å². The minimum absolute atomic E-state index is 0.0450. The summed E-state index contributed by atoms with van der Waals surface area (Å²) in [6.07, 6.45) is 0. The zero-order chi connectivity index (χ0) is 18.7. The van der Waals surface area contributed by atoms with Crippen molar-refractivity contribution in [1.82, 2.24) is 0 Å². The van der Waals surface area contributed by atoms with Gasteiger partial charge in [-0.15, -0.1) is 0 Å². The third kappa shape index (κ3) is 3.49. The Morgan fingerprint density at radius 2 is 1.69 bits per heavy atom. The molecule has 26 heavy (non-hydrogen) atoms. The van der Waals surface area contributed by atoms with E-state index in [4.69, 9.17) is 0 Å². The van der Waals surface area contributed by atoms with E-state index in [0.29, 0.717) is 24.2 Å². The Morgan fingerprint density at radius 1 is 1.08 bits per heavy atom. The predicted octanol–water partition coefficient (Wildman–Crippen LogP) is 3.00. The molecule has 2 aromatic carbocycles. The maximum Gasteiger partial charge on any atom is 0.270 e. The fourth-order valence-corrected chi connectivity index (χ4v) is 3.12. The first-order chi connectivity index (χ1) is 12.5. The Bertz CT molecular complexity index is 879. The Hall–Kier alpha value is -3.40. The third-order valence-corrected chi connectivity index (χ3v) is 4.57. The van der Waals surface area contributed by atoms with Crippen LogP contribution in [0.5, 0.6) is 0 Å². The predicted molar refractivity (Wildman–Crippen MR) is 98.7 cm³/mol. The molecule has 0 radical (unpaired) electrons. The first kappa shape index (κ1) is 17.4. The highest BCUT2D eigenvalue weighted by Crippen LogP contribution is 2.27. The van der Waals surface area contributed by atoms with Crippen LogP contribution in [0.2, 0.25) is 0 Å². The average Bonchev–Trinajstić information content (AvgIpc) is 2.67. The van der Waals surface area contributed by atoms with Crippen molar-refractivity contribution in [2.75, 3.05) is 36.0 Å². The van der Waals surface area contributed by atoms with Crippen molar-refractivity contribution in [1.29, 1.82) is 5.26 Å². The Kier molecular flexibility index (Phi) is 4.85. The molecule has 2 aromatic rings. The van der Waals surface area contributed by atoms with Crippen molar-refractivity contribution >= 4 is 22.8 Å². The van der Waals surface area contributed by atoms with E-state index in [1.165, 1.54) is 12.1 Å². The topological polar surface area (TPSA) is 90.5 Å². The van der Waals surface area contributed by atoms with Crippen LogP contribution < -0.4 is 9.80 Å². The quantitative estimate of drug-likeness (QED) is 0.478. The summed E-state index contributed by atoms with van der Waals surface area (Å²) in [4.78, 5) is 26.0. The summed E-state index contributed by atoms with van der Waals surface area (Å²) in [5.41, 5.74) is 2.72. The van der Waals surface area contributed by atoms with Crippen LogP contribution in [0.4, 0.5) is 17.1 Å². The smallest absolute Gasteiger partial charge is 0.270 e. The molecular weight excluding hydrogens is 332 g/mol. The number of carbonyl (C=O) groups is 1. The third-order valence-electron chi connectivity index (χ3n) is 4.57. The van der Waals surface area contributed by atoms with E-state index in [9.17, 15) is 20.2 Å². The molecule has 0 saturated carbocycles. The number of nitro groups is 1. The van der Waals surface area contributed by atoms with Gasteiger partial charge in [0.15, 0.2) is 5.78 Å². The van der Waals surface area contributed by atoms with E-state index in [1.807, 2.05) is 24.3 Å². The monoisotopic (exact) mass is 350 g/mol. The number of anilines is 2. The maximum absolute atomic E-state index is 11.4. The number of non-ortho nitro benzene ring substituents is 1. The SMILES string of the molecule is CC(=O)c1ccc(N2CCN(c3ccc([N+](=O)[O-])cc3C#N)CC2)cc1. The molecule has 1 aliphatic heterocycles. The standard InChI is InChI=1S/C19H18N4O3/c1-14(24)15-2-4-17(5-3-15)21-8-10-22(11-9-21)19-7-6-18(23(25)26)12-16(19)13-20/h2-7,12H,8-11H2,1H3. The van der Waals surface area contributed by atoms with Crippen LogP contribution in [0, 0.1) is 21.4 Å². The van der Waals surface area contributed by atoms with Gasteiger partial charge >= 0.3 is 0 Å². The molecule has 1 aliphatic rings. The number of rotatable bonds is 4. The second-order valence-electron chi connectivity index (χ2n) is 6.15. The van der Waals surface area contributed by atoms with Gasteiger partial charge in [-0.05, 0) is 37.3 Å². The number of carbonyl (C=O) groups excluding carboxylic acids is 1. The Morgan fingerprint density at radius 3 is 2.23 bits per heavy atom. The van der Waals surface area contributed by atoms with Crippen molar-refractivity contribution in [2.24, 2.45) is 0 Å². The van der Waals surface area contributed by atoms with E-state index in [1.54, 1.807) is 13.0 Å². The lowest BCUT2D eigenvalue weighted by Gasteiger charge is -2.37. The lowest BCUT2D eigenvalue weighted by molar-refractivity contribution is -0.384. The van der Waals surface area contributed by atoms with E-state index in [2.05, 4.69) is 15.9 Å². The summed E-state index contributed by atoms with van der Waals surface area (Å²) in [6.45, 7) is 4.50. The number of ketones is 1. The average molecular weight is 350 g/mol. The molecule has 0 N–H and O–H groups in total. The summed E-state index contributed by atoms with van der Waals surface area (Å²) in [7, 11) is 0. The van der Waals surface area contributed by atoms with E-state index >= 15 is 0 Å². The first-order valence-electron chi connectivity index (χ1n) is 8.29. The molecule has 0 aromatic heterocycles. The van der Waals surface area contributed by atoms with Gasteiger partial charge in [0.1, 0.15) is 6.07 Å². The van der Waals surface area contributed by atoms with Gasteiger partial charge < -0.3 is 9.80 Å². The van der Waals surface area contributed by atoms with Gasteiger partial charge in [-0.2, -0.15) is 5.26 Å². The molecule has 1 saturated heterocycles. The molecule has 1 fully saturated rings. The van der Waals surface area contributed by atoms with E-state index < -0.39 is 4.92 Å². The lowest BCUT2D eigenvalue weighted by Crippen LogP contribution is -2.46. The zero-order valence-electron chi connectivity index (χ0n) is 14.4. The molecule has 0 spiro atoms. The minimum Gasteiger partial charge on any atom is -0.368 e. The maximum atomic E-state index is 11.4. The van der Waals surface area contributed by atoms with Crippen LogP contribution in [0.25, 0.3) is 0 Å². The molecule has 1 heterocycles. The number of benzene rings is 2. The van der Waals surface area contributed by atoms with E-state index in [-0.39, 0.29) is 11.5 Å². The lowest BCUT2D eigenvalue weighted by atomic mass is 10.1. The largest absolute Gasteiger partial charge is 0.368 e. The molecule has 0 bridgehead atoms. The zero-order valence-corrected chi connectivity index (χ0v) is 14.4. The van der Waals surface area contributed by atoms with Crippen molar-refractivity contribution in [3.8, 4) is 6.07 Å². The highest BCUT2D eigenvalue weighted by molar-refractivity contribution is 5.94. The molecule has 7 nitrogen and oxygen atoms in total. The van der Waals surface area contributed by atoms with Gasteiger partial charge in [-0.25, -0.2) is 0 Å². The number of piperazine rings is 1. The summed E-state index contributed by atoms with van der Waals surface area (Å²) in [6, 6.07) is 14.0. The van der Waals surface area contributed by atoms with Crippen LogP contribution in [0.1, 0.15) is 22.8 Å². The number of hydrogen-bond acceptors (Lipinski definition) is 6. The summed E-state index contributed by atoms with van der Waals surface area (Å²) < 4.78 is 0. The number of Topliss-reactive ketones (excluding diaryl/α,β-unsaturated/α-hetero) is 1.